The topological polar surface area (TPSA) is 72.6 Å². The van der Waals surface area contributed by atoms with E-state index in [4.69, 9.17) is 0 Å². The Labute approximate surface area is 118 Å². The normalized spacial score (nSPS) is 17.6. The van der Waals surface area contributed by atoms with E-state index in [1.165, 1.54) is 11.1 Å². The fourth-order valence-electron chi connectivity index (χ4n) is 3.31. The van der Waals surface area contributed by atoms with Crippen LogP contribution in [0, 0.1) is 29.4 Å². The Bertz CT molecular complexity index is 551. The molecule has 0 radical (unpaired) electrons. The molecule has 2 rings (SSSR count). The molecule has 1 aromatic carbocycles. The van der Waals surface area contributed by atoms with Crippen molar-refractivity contribution in [3.8, 4) is 0 Å². The summed E-state index contributed by atoms with van der Waals surface area (Å²) in [5, 5.41) is 19.5. The molecule has 0 saturated carbocycles. The Hall–Kier alpha value is -1.62. The lowest BCUT2D eigenvalue weighted by molar-refractivity contribution is -0.759. The largest absolute Gasteiger partial charge is 0.386 e. The first-order valence-electron chi connectivity index (χ1n) is 6.78. The van der Waals surface area contributed by atoms with Gasteiger partial charge in [0.2, 0.25) is 0 Å². The van der Waals surface area contributed by atoms with Crippen LogP contribution < -0.4 is 0 Å². The zero-order valence-electron chi connectivity index (χ0n) is 12.4. The molecule has 1 aliphatic carbocycles. The number of aliphatic hydroxyl groups is 1. The van der Waals surface area contributed by atoms with Crippen molar-refractivity contribution in [2.24, 2.45) is 5.41 Å². The maximum atomic E-state index is 10.2. The summed E-state index contributed by atoms with van der Waals surface area (Å²) >= 11 is 0. The summed E-state index contributed by atoms with van der Waals surface area (Å²) < 4.78 is 0. The number of fused-ring (bicyclic) bond motifs is 1. The Balaban J connectivity index is 2.34. The molecule has 0 saturated heterocycles. The highest BCUT2D eigenvalue weighted by Crippen LogP contribution is 2.40. The monoisotopic (exact) mass is 279 g/mol. The molecule has 0 bridgehead atoms. The van der Waals surface area contributed by atoms with Gasteiger partial charge in [-0.25, -0.2) is 0 Å². The number of hydrogen-bond donors (Lipinski definition) is 1. The first-order valence-corrected chi connectivity index (χ1v) is 6.78. The van der Waals surface area contributed by atoms with Crippen molar-refractivity contribution in [1.29, 1.82) is 0 Å². The number of nitrogens with zero attached hydrogens (tertiary/aromatic N) is 1. The second kappa shape index (κ2) is 5.05. The highest BCUT2D eigenvalue weighted by Gasteiger charge is 2.31. The van der Waals surface area contributed by atoms with Crippen molar-refractivity contribution in [2.75, 3.05) is 6.61 Å². The van der Waals surface area contributed by atoms with E-state index >= 15 is 0 Å². The summed E-state index contributed by atoms with van der Waals surface area (Å²) in [5.74, 6) is 0. The van der Waals surface area contributed by atoms with E-state index in [2.05, 4.69) is 24.8 Å². The van der Waals surface area contributed by atoms with Gasteiger partial charge >= 0.3 is 0 Å². The van der Waals surface area contributed by atoms with Crippen LogP contribution in [0.1, 0.15) is 47.8 Å². The molecule has 0 amide bonds. The van der Waals surface area contributed by atoms with E-state index in [1.54, 1.807) is 0 Å². The molecule has 5 heteroatoms. The Morgan fingerprint density at radius 2 is 2.10 bits per heavy atom. The minimum Gasteiger partial charge on any atom is -0.386 e. The fraction of sp³-hybridized carbons (Fsp3) is 0.600. The number of aliphatic hydroxyl groups excluding tert-OH is 1. The lowest BCUT2D eigenvalue weighted by atomic mass is 9.89. The van der Waals surface area contributed by atoms with Gasteiger partial charge in [-0.15, -0.1) is 10.1 Å². The van der Waals surface area contributed by atoms with Crippen LogP contribution in [-0.4, -0.2) is 16.8 Å². The summed E-state index contributed by atoms with van der Waals surface area (Å²) in [4.78, 5) is 14.6. The second-order valence-corrected chi connectivity index (χ2v) is 6.42. The molecule has 0 heterocycles. The molecule has 1 N–H and O–H groups in total. The average Bonchev–Trinajstić information content (AvgIpc) is 2.61. The highest BCUT2D eigenvalue weighted by molar-refractivity contribution is 5.49. The summed E-state index contributed by atoms with van der Waals surface area (Å²) in [7, 11) is 0. The molecule has 0 fully saturated rings. The standard InChI is InChI=1S/C15H21NO4/c1-9-5-11-6-15(3,4)7-12(11)10(2)14(9)13(17)8-20-16(18)19/h5,13,17H,6-8H2,1-4H3. The molecule has 20 heavy (non-hydrogen) atoms. The predicted molar refractivity (Wildman–Crippen MR) is 75.0 cm³/mol. The van der Waals surface area contributed by atoms with E-state index in [9.17, 15) is 15.2 Å². The van der Waals surface area contributed by atoms with E-state index < -0.39 is 11.2 Å². The third-order valence-corrected chi connectivity index (χ3v) is 4.06. The van der Waals surface area contributed by atoms with Crippen LogP contribution in [0.4, 0.5) is 0 Å². The molecule has 1 aromatic rings. The number of aryl methyl sites for hydroxylation is 1. The number of hydrogen-bond acceptors (Lipinski definition) is 4. The quantitative estimate of drug-likeness (QED) is 0.679. The average molecular weight is 279 g/mol. The van der Waals surface area contributed by atoms with E-state index in [0.29, 0.717) is 0 Å². The van der Waals surface area contributed by atoms with Gasteiger partial charge in [0.05, 0.1) is 0 Å². The van der Waals surface area contributed by atoms with Crippen LogP contribution in [0.5, 0.6) is 0 Å². The van der Waals surface area contributed by atoms with E-state index in [0.717, 1.165) is 29.5 Å². The summed E-state index contributed by atoms with van der Waals surface area (Å²) in [6.45, 7) is 8.06. The molecule has 0 aliphatic heterocycles. The molecular weight excluding hydrogens is 258 g/mol. The molecule has 5 nitrogen and oxygen atoms in total. The van der Waals surface area contributed by atoms with Gasteiger partial charge < -0.3 is 9.94 Å². The maximum Gasteiger partial charge on any atom is 0.294 e. The lowest BCUT2D eigenvalue weighted by Gasteiger charge is -2.19. The molecular formula is C15H21NO4. The maximum absolute atomic E-state index is 10.2. The van der Waals surface area contributed by atoms with Crippen molar-refractivity contribution in [1.82, 2.24) is 0 Å². The Morgan fingerprint density at radius 1 is 1.45 bits per heavy atom. The molecule has 1 atom stereocenters. The van der Waals surface area contributed by atoms with Crippen molar-refractivity contribution < 1.29 is 15.0 Å². The van der Waals surface area contributed by atoms with Gasteiger partial charge in [-0.2, -0.15) is 0 Å². The molecule has 1 unspecified atom stereocenters. The SMILES string of the molecule is Cc1cc2c(c(C)c1C(O)CO[N+](=O)[O-])CC(C)(C)C2. The van der Waals surface area contributed by atoms with Gasteiger partial charge in [0, 0.05) is 0 Å². The van der Waals surface area contributed by atoms with Gasteiger partial charge in [-0.1, -0.05) is 19.9 Å². The van der Waals surface area contributed by atoms with E-state index in [1.807, 2.05) is 13.8 Å². The van der Waals surface area contributed by atoms with Crippen LogP contribution >= 0.6 is 0 Å². The summed E-state index contributed by atoms with van der Waals surface area (Å²) in [6.07, 6.45) is 1.05. The zero-order valence-corrected chi connectivity index (χ0v) is 12.4. The van der Waals surface area contributed by atoms with Crippen LogP contribution in [0.15, 0.2) is 6.07 Å². The van der Waals surface area contributed by atoms with Crippen molar-refractivity contribution in [3.63, 3.8) is 0 Å². The number of benzene rings is 1. The minimum absolute atomic E-state index is 0.237. The van der Waals surface area contributed by atoms with Crippen molar-refractivity contribution in [2.45, 2.75) is 46.6 Å². The van der Waals surface area contributed by atoms with Crippen molar-refractivity contribution in [3.05, 3.63) is 44.0 Å². The summed E-state index contributed by atoms with van der Waals surface area (Å²) in [5.41, 5.74) is 5.62. The van der Waals surface area contributed by atoms with Gasteiger partial charge in [-0.3, -0.25) is 0 Å². The lowest BCUT2D eigenvalue weighted by Crippen LogP contribution is -2.14. The summed E-state index contributed by atoms with van der Waals surface area (Å²) in [6, 6.07) is 2.10. The van der Waals surface area contributed by atoms with Crippen LogP contribution in [-0.2, 0) is 17.7 Å². The minimum atomic E-state index is -0.964. The molecule has 0 spiro atoms. The van der Waals surface area contributed by atoms with Gasteiger partial charge in [0.25, 0.3) is 5.09 Å². The third-order valence-electron chi connectivity index (χ3n) is 4.06. The van der Waals surface area contributed by atoms with Crippen LogP contribution in [0.25, 0.3) is 0 Å². The Kier molecular flexibility index (Phi) is 3.73. The third kappa shape index (κ3) is 2.77. The van der Waals surface area contributed by atoms with Gasteiger partial charge in [0.15, 0.2) is 0 Å². The van der Waals surface area contributed by atoms with Gasteiger partial charge in [-0.05, 0) is 59.9 Å². The first kappa shape index (κ1) is 14.8. The van der Waals surface area contributed by atoms with E-state index in [-0.39, 0.29) is 12.0 Å². The number of rotatable bonds is 4. The Morgan fingerprint density at radius 3 is 2.70 bits per heavy atom. The fourth-order valence-corrected chi connectivity index (χ4v) is 3.31. The predicted octanol–water partition coefficient (Wildman–Crippen LogP) is 2.67. The highest BCUT2D eigenvalue weighted by atomic mass is 17.0. The smallest absolute Gasteiger partial charge is 0.294 e. The second-order valence-electron chi connectivity index (χ2n) is 6.42. The molecule has 110 valence electrons. The first-order chi connectivity index (χ1) is 9.21. The molecule has 0 aromatic heterocycles. The van der Waals surface area contributed by atoms with Crippen LogP contribution in [0.2, 0.25) is 0 Å². The van der Waals surface area contributed by atoms with Gasteiger partial charge in [0.1, 0.15) is 12.7 Å². The zero-order chi connectivity index (χ0) is 15.1. The van der Waals surface area contributed by atoms with Crippen molar-refractivity contribution >= 4 is 0 Å². The van der Waals surface area contributed by atoms with Crippen LogP contribution in [0.3, 0.4) is 0 Å². The molecule has 1 aliphatic rings.